The second-order valence-corrected chi connectivity index (χ2v) is 4.73. The monoisotopic (exact) mass is 347 g/mol. The number of halogens is 3. The summed E-state index contributed by atoms with van der Waals surface area (Å²) in [6.07, 6.45) is 0. The van der Waals surface area contributed by atoms with Crippen LogP contribution in [0.1, 0.15) is 16.1 Å². The lowest BCUT2D eigenvalue weighted by Gasteiger charge is -2.02. The summed E-state index contributed by atoms with van der Waals surface area (Å²) >= 11 is 8.78. The zero-order valence-electron chi connectivity index (χ0n) is 9.02. The Morgan fingerprint density at radius 2 is 2.11 bits per heavy atom. The minimum Gasteiger partial charge on any atom is -0.397 e. The molecule has 0 saturated heterocycles. The predicted molar refractivity (Wildman–Crippen MR) is 67.9 cm³/mol. The van der Waals surface area contributed by atoms with Crippen LogP contribution in [0.2, 0.25) is 5.02 Å². The quantitative estimate of drug-likeness (QED) is 0.364. The van der Waals surface area contributed by atoms with Crippen molar-refractivity contribution in [1.82, 2.24) is 0 Å². The summed E-state index contributed by atoms with van der Waals surface area (Å²) in [4.78, 5) is 21.6. The van der Waals surface area contributed by atoms with Crippen LogP contribution in [0.5, 0.6) is 0 Å². The third-order valence-corrected chi connectivity index (χ3v) is 3.45. The van der Waals surface area contributed by atoms with Gasteiger partial charge in [-0.1, -0.05) is 11.6 Å². The van der Waals surface area contributed by atoms with Gasteiger partial charge in [0.15, 0.2) is 5.76 Å². The Morgan fingerprint density at radius 1 is 1.42 bits per heavy atom. The van der Waals surface area contributed by atoms with Crippen molar-refractivity contribution in [2.75, 3.05) is 0 Å². The van der Waals surface area contributed by atoms with Gasteiger partial charge in [0.1, 0.15) is 10.7 Å². The van der Waals surface area contributed by atoms with Crippen LogP contribution in [0.15, 0.2) is 33.2 Å². The molecule has 0 aliphatic rings. The molecule has 1 heterocycles. The van der Waals surface area contributed by atoms with E-state index in [0.717, 1.165) is 24.3 Å². The SMILES string of the molecule is O=C(c1ccc([N+](=O)[O-])o1)c1cc(Cl)c(Br)cc1F. The number of carbonyl (C=O) groups is 1. The normalized spacial score (nSPS) is 10.5. The van der Waals surface area contributed by atoms with E-state index in [-0.39, 0.29) is 16.3 Å². The Kier molecular flexibility index (Phi) is 3.68. The molecule has 2 rings (SSSR count). The predicted octanol–water partition coefficient (Wildman–Crippen LogP) is 3.97. The largest absolute Gasteiger partial charge is 0.433 e. The molecule has 2 aromatic rings. The van der Waals surface area contributed by atoms with Crippen molar-refractivity contribution in [3.63, 3.8) is 0 Å². The zero-order valence-corrected chi connectivity index (χ0v) is 11.4. The van der Waals surface area contributed by atoms with Gasteiger partial charge in [-0.25, -0.2) is 4.39 Å². The van der Waals surface area contributed by atoms with Crippen molar-refractivity contribution in [2.45, 2.75) is 0 Å². The highest BCUT2D eigenvalue weighted by atomic mass is 79.9. The first-order valence-electron chi connectivity index (χ1n) is 4.83. The molecule has 1 aromatic carbocycles. The summed E-state index contributed by atoms with van der Waals surface area (Å²) in [6.45, 7) is 0. The molecule has 0 radical (unpaired) electrons. The lowest BCUT2D eigenvalue weighted by atomic mass is 10.1. The summed E-state index contributed by atoms with van der Waals surface area (Å²) in [5.74, 6) is -2.55. The first kappa shape index (κ1) is 13.7. The molecule has 0 fully saturated rings. The number of rotatable bonds is 3. The van der Waals surface area contributed by atoms with Gasteiger partial charge in [0.2, 0.25) is 5.78 Å². The third kappa shape index (κ3) is 2.66. The second-order valence-electron chi connectivity index (χ2n) is 3.47. The topological polar surface area (TPSA) is 73.3 Å². The Morgan fingerprint density at radius 3 is 2.68 bits per heavy atom. The highest BCUT2D eigenvalue weighted by Crippen LogP contribution is 2.28. The van der Waals surface area contributed by atoms with E-state index in [0.29, 0.717) is 4.47 Å². The summed E-state index contributed by atoms with van der Waals surface area (Å²) in [5.41, 5.74) is -0.322. The van der Waals surface area contributed by atoms with E-state index in [2.05, 4.69) is 15.9 Å². The molecule has 0 N–H and O–H groups in total. The van der Waals surface area contributed by atoms with E-state index >= 15 is 0 Å². The molecule has 0 aliphatic carbocycles. The molecule has 0 saturated carbocycles. The Hall–Kier alpha value is -1.73. The van der Waals surface area contributed by atoms with Crippen molar-refractivity contribution in [1.29, 1.82) is 0 Å². The van der Waals surface area contributed by atoms with Gasteiger partial charge in [-0.3, -0.25) is 14.9 Å². The fourth-order valence-electron chi connectivity index (χ4n) is 1.38. The smallest absolute Gasteiger partial charge is 0.397 e. The van der Waals surface area contributed by atoms with Crippen LogP contribution in [0.25, 0.3) is 0 Å². The number of furan rings is 1. The summed E-state index contributed by atoms with van der Waals surface area (Å²) in [7, 11) is 0. The van der Waals surface area contributed by atoms with E-state index < -0.39 is 22.4 Å². The Bertz CT molecular complexity index is 685. The first-order chi connectivity index (χ1) is 8.90. The van der Waals surface area contributed by atoms with Crippen LogP contribution < -0.4 is 0 Å². The zero-order chi connectivity index (χ0) is 14.2. The van der Waals surface area contributed by atoms with Crippen LogP contribution >= 0.6 is 27.5 Å². The molecule has 0 amide bonds. The maximum Gasteiger partial charge on any atom is 0.433 e. The fourth-order valence-corrected chi connectivity index (χ4v) is 1.86. The molecular weight excluding hydrogens is 344 g/mol. The van der Waals surface area contributed by atoms with Crippen molar-refractivity contribution >= 4 is 39.2 Å². The van der Waals surface area contributed by atoms with E-state index in [1.807, 2.05) is 0 Å². The molecule has 5 nitrogen and oxygen atoms in total. The lowest BCUT2D eigenvalue weighted by molar-refractivity contribution is -0.402. The van der Waals surface area contributed by atoms with Gasteiger partial charge >= 0.3 is 5.88 Å². The average molecular weight is 349 g/mol. The van der Waals surface area contributed by atoms with Crippen LogP contribution in [-0.4, -0.2) is 10.7 Å². The Labute approximate surface area is 119 Å². The van der Waals surface area contributed by atoms with Gasteiger partial charge in [0, 0.05) is 4.47 Å². The summed E-state index contributed by atoms with van der Waals surface area (Å²) in [6, 6.07) is 4.28. The maximum absolute atomic E-state index is 13.6. The van der Waals surface area contributed by atoms with Crippen molar-refractivity contribution < 1.29 is 18.5 Å². The van der Waals surface area contributed by atoms with E-state index in [4.69, 9.17) is 16.0 Å². The molecule has 19 heavy (non-hydrogen) atoms. The number of nitrogens with zero attached hydrogens (tertiary/aromatic N) is 1. The van der Waals surface area contributed by atoms with Crippen LogP contribution in [0.4, 0.5) is 10.3 Å². The van der Waals surface area contributed by atoms with Crippen LogP contribution in [0, 0.1) is 15.9 Å². The lowest BCUT2D eigenvalue weighted by Crippen LogP contribution is -2.03. The van der Waals surface area contributed by atoms with Crippen LogP contribution in [-0.2, 0) is 0 Å². The third-order valence-electron chi connectivity index (χ3n) is 2.25. The number of hydrogen-bond acceptors (Lipinski definition) is 4. The van der Waals surface area contributed by atoms with Crippen molar-refractivity contribution in [3.05, 3.63) is 61.0 Å². The molecule has 0 aliphatic heterocycles. The molecule has 8 heteroatoms. The minimum atomic E-state index is -0.819. The highest BCUT2D eigenvalue weighted by molar-refractivity contribution is 9.10. The second kappa shape index (κ2) is 5.10. The van der Waals surface area contributed by atoms with Crippen molar-refractivity contribution in [2.24, 2.45) is 0 Å². The number of ketones is 1. The number of nitro groups is 1. The average Bonchev–Trinajstić information content (AvgIpc) is 2.82. The fraction of sp³-hybridized carbons (Fsp3) is 0. The van der Waals surface area contributed by atoms with Crippen molar-refractivity contribution in [3.8, 4) is 0 Å². The van der Waals surface area contributed by atoms with Gasteiger partial charge in [0.25, 0.3) is 0 Å². The van der Waals surface area contributed by atoms with Crippen LogP contribution in [0.3, 0.4) is 0 Å². The molecular formula is C11H4BrClFNO4. The molecule has 98 valence electrons. The minimum absolute atomic E-state index is 0.144. The summed E-state index contributed by atoms with van der Waals surface area (Å²) in [5, 5.41) is 10.6. The standard InChI is InChI=1S/C11H4BrClFNO4/c12-6-4-8(14)5(3-7(6)13)11(16)9-1-2-10(19-9)15(17)18/h1-4H. The molecule has 0 atom stereocenters. The maximum atomic E-state index is 13.6. The van der Waals surface area contributed by atoms with Gasteiger partial charge < -0.3 is 4.42 Å². The van der Waals surface area contributed by atoms with E-state index in [1.54, 1.807) is 0 Å². The Balaban J connectivity index is 2.43. The molecule has 0 bridgehead atoms. The van der Waals surface area contributed by atoms with Gasteiger partial charge in [-0.2, -0.15) is 0 Å². The highest BCUT2D eigenvalue weighted by Gasteiger charge is 2.22. The molecule has 0 unspecified atom stereocenters. The molecule has 0 spiro atoms. The van der Waals surface area contributed by atoms with Gasteiger partial charge in [0.05, 0.1) is 16.7 Å². The number of benzene rings is 1. The number of hydrogen-bond donors (Lipinski definition) is 0. The van der Waals surface area contributed by atoms with Gasteiger partial charge in [-0.15, -0.1) is 0 Å². The van der Waals surface area contributed by atoms with E-state index in [9.17, 15) is 19.3 Å². The van der Waals surface area contributed by atoms with Gasteiger partial charge in [-0.05, 0) is 34.1 Å². The molecule has 1 aromatic heterocycles. The first-order valence-corrected chi connectivity index (χ1v) is 6.00. The summed E-state index contributed by atoms with van der Waals surface area (Å²) < 4.78 is 18.7. The number of carbonyl (C=O) groups excluding carboxylic acids is 1. The van der Waals surface area contributed by atoms with E-state index in [1.165, 1.54) is 0 Å².